The summed E-state index contributed by atoms with van der Waals surface area (Å²) in [5.74, 6) is 3.20. The van der Waals surface area contributed by atoms with E-state index < -0.39 is 0 Å². The first-order valence-corrected chi connectivity index (χ1v) is 4.21. The first kappa shape index (κ1) is 8.10. The number of rotatable bonds is 1. The third kappa shape index (κ3) is 2.00. The zero-order valence-corrected chi connectivity index (χ0v) is 7.22. The Morgan fingerprint density at radius 1 is 1.50 bits per heavy atom. The highest BCUT2D eigenvalue weighted by atomic mass is 14.3. The van der Waals surface area contributed by atoms with E-state index in [9.17, 15) is 0 Å². The van der Waals surface area contributed by atoms with Gasteiger partial charge in [0.25, 0.3) is 0 Å². The Morgan fingerprint density at radius 2 is 2.20 bits per heavy atom. The molecule has 0 N–H and O–H groups in total. The minimum absolute atomic E-state index is 0.823. The molecule has 0 amide bonds. The molecule has 0 saturated heterocycles. The summed E-state index contributed by atoms with van der Waals surface area (Å²) in [6.45, 7) is 6.82. The van der Waals surface area contributed by atoms with Gasteiger partial charge in [-0.25, -0.2) is 0 Å². The third-order valence-corrected chi connectivity index (χ3v) is 2.36. The van der Waals surface area contributed by atoms with Gasteiger partial charge >= 0.3 is 0 Å². The van der Waals surface area contributed by atoms with Gasteiger partial charge in [0.1, 0.15) is 0 Å². The summed E-state index contributed by atoms with van der Waals surface area (Å²) in [5.41, 5.74) is 0. The Kier molecular flexibility index (Phi) is 2.76. The average Bonchev–Trinajstić information content (AvgIpc) is 1.88. The second kappa shape index (κ2) is 3.41. The van der Waals surface area contributed by atoms with Gasteiger partial charge in [-0.2, -0.15) is 0 Å². The molecule has 0 unspecified atom stereocenters. The SMILES string of the molecule is C[C]1[CH][CH][C@H](C(C)C)CC1. The van der Waals surface area contributed by atoms with E-state index in [2.05, 4.69) is 33.6 Å². The van der Waals surface area contributed by atoms with E-state index in [1.165, 1.54) is 18.8 Å². The summed E-state index contributed by atoms with van der Waals surface area (Å²) in [6, 6.07) is 0. The molecule has 0 aromatic carbocycles. The van der Waals surface area contributed by atoms with Crippen LogP contribution >= 0.6 is 0 Å². The molecule has 0 heterocycles. The van der Waals surface area contributed by atoms with Crippen LogP contribution in [0.4, 0.5) is 0 Å². The van der Waals surface area contributed by atoms with Crippen LogP contribution in [0.1, 0.15) is 33.6 Å². The van der Waals surface area contributed by atoms with Crippen molar-refractivity contribution >= 4 is 0 Å². The predicted octanol–water partition coefficient (Wildman–Crippen LogP) is 3.06. The Balaban J connectivity index is 2.26. The van der Waals surface area contributed by atoms with Crippen molar-refractivity contribution in [3.8, 4) is 0 Å². The standard InChI is InChI=1S/C10H17/c1-8(2)10-6-4-9(3)5-7-10/h4,6,8,10H,5,7H2,1-3H3/t10-/m0/s1. The Bertz CT molecular complexity index is 86.2. The van der Waals surface area contributed by atoms with Gasteiger partial charge in [0.05, 0.1) is 0 Å². The maximum absolute atomic E-state index is 2.36. The topological polar surface area (TPSA) is 0 Å². The lowest BCUT2D eigenvalue weighted by Crippen LogP contribution is -2.17. The molecule has 1 atom stereocenters. The van der Waals surface area contributed by atoms with Crippen molar-refractivity contribution in [3.05, 3.63) is 18.8 Å². The zero-order valence-electron chi connectivity index (χ0n) is 7.22. The molecule has 10 heavy (non-hydrogen) atoms. The van der Waals surface area contributed by atoms with Crippen LogP contribution in [-0.2, 0) is 0 Å². The fourth-order valence-electron chi connectivity index (χ4n) is 1.42. The fraction of sp³-hybridized carbons (Fsp3) is 0.700. The van der Waals surface area contributed by atoms with Gasteiger partial charge in [-0.15, -0.1) is 0 Å². The van der Waals surface area contributed by atoms with Crippen LogP contribution in [0.15, 0.2) is 0 Å². The summed E-state index contributed by atoms with van der Waals surface area (Å²) < 4.78 is 0. The van der Waals surface area contributed by atoms with Crippen LogP contribution < -0.4 is 0 Å². The van der Waals surface area contributed by atoms with Gasteiger partial charge in [-0.1, -0.05) is 20.8 Å². The quantitative estimate of drug-likeness (QED) is 0.521. The first-order chi connectivity index (χ1) is 4.70. The molecule has 1 saturated carbocycles. The van der Waals surface area contributed by atoms with E-state index in [4.69, 9.17) is 0 Å². The van der Waals surface area contributed by atoms with E-state index in [0.29, 0.717) is 0 Å². The lowest BCUT2D eigenvalue weighted by molar-refractivity contribution is 0.387. The van der Waals surface area contributed by atoms with Gasteiger partial charge in [0, 0.05) is 0 Å². The molecule has 0 heteroatoms. The molecule has 0 nitrogen and oxygen atoms in total. The highest BCUT2D eigenvalue weighted by Gasteiger charge is 2.20. The number of hydrogen-bond donors (Lipinski definition) is 0. The van der Waals surface area contributed by atoms with E-state index in [-0.39, 0.29) is 0 Å². The van der Waals surface area contributed by atoms with Crippen molar-refractivity contribution in [2.45, 2.75) is 33.6 Å². The first-order valence-electron chi connectivity index (χ1n) is 4.21. The average molecular weight is 137 g/mol. The van der Waals surface area contributed by atoms with Crippen molar-refractivity contribution in [1.29, 1.82) is 0 Å². The van der Waals surface area contributed by atoms with Crippen LogP contribution in [0.5, 0.6) is 0 Å². The zero-order chi connectivity index (χ0) is 7.56. The van der Waals surface area contributed by atoms with Gasteiger partial charge in [-0.3, -0.25) is 0 Å². The molecule has 0 bridgehead atoms. The summed E-state index contributed by atoms with van der Waals surface area (Å²) in [7, 11) is 0. The smallest absolute Gasteiger partial charge is 0.0235 e. The molecule has 0 aromatic rings. The molecule has 1 aliphatic rings. The van der Waals surface area contributed by atoms with Crippen LogP contribution in [0.25, 0.3) is 0 Å². The monoisotopic (exact) mass is 137 g/mol. The summed E-state index contributed by atoms with van der Waals surface area (Å²) in [6.07, 6.45) is 7.32. The highest BCUT2D eigenvalue weighted by molar-refractivity contribution is 5.13. The second-order valence-corrected chi connectivity index (χ2v) is 3.65. The van der Waals surface area contributed by atoms with Crippen molar-refractivity contribution in [1.82, 2.24) is 0 Å². The lowest BCUT2D eigenvalue weighted by atomic mass is 9.78. The van der Waals surface area contributed by atoms with E-state index in [0.717, 1.165) is 11.8 Å². The van der Waals surface area contributed by atoms with Gasteiger partial charge in [0.15, 0.2) is 0 Å². The Morgan fingerprint density at radius 3 is 2.60 bits per heavy atom. The molecular weight excluding hydrogens is 120 g/mol. The Labute approximate surface area is 65.0 Å². The van der Waals surface area contributed by atoms with Gasteiger partial charge < -0.3 is 0 Å². The minimum Gasteiger partial charge on any atom is -0.0625 e. The van der Waals surface area contributed by atoms with Crippen molar-refractivity contribution < 1.29 is 0 Å². The summed E-state index contributed by atoms with van der Waals surface area (Å²) in [4.78, 5) is 0. The number of hydrogen-bond acceptors (Lipinski definition) is 0. The summed E-state index contributed by atoms with van der Waals surface area (Å²) >= 11 is 0. The van der Waals surface area contributed by atoms with E-state index in [1.54, 1.807) is 0 Å². The van der Waals surface area contributed by atoms with Gasteiger partial charge in [-0.05, 0) is 43.4 Å². The molecule has 1 rings (SSSR count). The molecule has 0 spiro atoms. The molecule has 57 valence electrons. The van der Waals surface area contributed by atoms with E-state index in [1.807, 2.05) is 0 Å². The van der Waals surface area contributed by atoms with Crippen molar-refractivity contribution in [3.63, 3.8) is 0 Å². The maximum Gasteiger partial charge on any atom is -0.0235 e. The van der Waals surface area contributed by atoms with Crippen LogP contribution in [0, 0.1) is 30.6 Å². The summed E-state index contributed by atoms with van der Waals surface area (Å²) in [5, 5.41) is 0. The molecule has 0 aromatic heterocycles. The maximum atomic E-state index is 2.36. The lowest BCUT2D eigenvalue weighted by Gasteiger charge is -2.27. The second-order valence-electron chi connectivity index (χ2n) is 3.65. The van der Waals surface area contributed by atoms with Crippen molar-refractivity contribution in [2.75, 3.05) is 0 Å². The highest BCUT2D eigenvalue weighted by Crippen LogP contribution is 2.32. The van der Waals surface area contributed by atoms with E-state index >= 15 is 0 Å². The van der Waals surface area contributed by atoms with Crippen molar-refractivity contribution in [2.24, 2.45) is 11.8 Å². The van der Waals surface area contributed by atoms with Crippen LogP contribution in [0.3, 0.4) is 0 Å². The largest absolute Gasteiger partial charge is 0.0625 e. The normalized spacial score (nSPS) is 24.0. The predicted molar refractivity (Wildman–Crippen MR) is 45.1 cm³/mol. The van der Waals surface area contributed by atoms with Crippen LogP contribution in [0.2, 0.25) is 0 Å². The molecule has 1 fully saturated rings. The molecule has 0 aliphatic heterocycles. The minimum atomic E-state index is 0.823. The molecule has 3 radical (unpaired) electrons. The van der Waals surface area contributed by atoms with Crippen LogP contribution in [-0.4, -0.2) is 0 Å². The Hall–Kier alpha value is 0. The fourth-order valence-corrected chi connectivity index (χ4v) is 1.42. The molecular formula is C10H17. The third-order valence-electron chi connectivity index (χ3n) is 2.36. The molecule has 1 aliphatic carbocycles. The van der Waals surface area contributed by atoms with Gasteiger partial charge in [0.2, 0.25) is 0 Å².